The second-order valence-corrected chi connectivity index (χ2v) is 6.84. The van der Waals surface area contributed by atoms with Crippen LogP contribution in [0.4, 0.5) is 0 Å². The van der Waals surface area contributed by atoms with Gasteiger partial charge in [-0.1, -0.05) is 6.07 Å². The molecule has 1 aromatic carbocycles. The van der Waals surface area contributed by atoms with Gasteiger partial charge in [-0.25, -0.2) is 4.79 Å². The lowest BCUT2D eigenvalue weighted by Crippen LogP contribution is -2.22. The Hall–Kier alpha value is -3.00. The summed E-state index contributed by atoms with van der Waals surface area (Å²) < 4.78 is 5.12. The Morgan fingerprint density at radius 1 is 1.23 bits per heavy atom. The predicted octanol–water partition coefficient (Wildman–Crippen LogP) is 2.34. The highest BCUT2D eigenvalue weighted by Gasteiger charge is 2.14. The largest absolute Gasteiger partial charge is 0.454 e. The molecule has 0 radical (unpaired) electrons. The molecule has 3 rings (SSSR count). The van der Waals surface area contributed by atoms with Crippen molar-refractivity contribution < 1.29 is 19.1 Å². The molecule has 0 bridgehead atoms. The topological polar surface area (TPSA) is 101 Å². The molecule has 134 valence electrons. The summed E-state index contributed by atoms with van der Waals surface area (Å²) in [5.74, 6) is -0.896. The number of thiophene rings is 1. The van der Waals surface area contributed by atoms with Crippen LogP contribution >= 0.6 is 11.3 Å². The van der Waals surface area contributed by atoms with Crippen LogP contribution in [-0.4, -0.2) is 41.0 Å². The highest BCUT2D eigenvalue weighted by atomic mass is 32.1. The van der Waals surface area contributed by atoms with Gasteiger partial charge in [-0.2, -0.15) is 5.10 Å². The van der Waals surface area contributed by atoms with Gasteiger partial charge in [-0.3, -0.25) is 14.7 Å². The fourth-order valence-corrected chi connectivity index (χ4v) is 3.30. The number of Topliss-reactive ketones (excluding diaryl/α,β-unsaturated/α-hetero) is 1. The van der Waals surface area contributed by atoms with Crippen LogP contribution in [0, 0.1) is 0 Å². The van der Waals surface area contributed by atoms with Crippen molar-refractivity contribution >= 4 is 39.9 Å². The number of esters is 1. The van der Waals surface area contributed by atoms with Gasteiger partial charge in [0.25, 0.3) is 0 Å². The van der Waals surface area contributed by atoms with Crippen molar-refractivity contribution in [3.8, 4) is 0 Å². The molecule has 3 aromatic rings. The lowest BCUT2D eigenvalue weighted by Gasteiger charge is -2.03. The fraction of sp³-hybridized carbons (Fsp3) is 0.222. The SMILES string of the molecule is CC(=O)NCCc1ccc(C(=O)COC(=O)c2ccc3cn[nH]c3c2)s1. The molecular formula is C18H17N3O4S. The Bertz CT molecular complexity index is 960. The average Bonchev–Trinajstić information content (AvgIpc) is 3.27. The number of aromatic amines is 1. The van der Waals surface area contributed by atoms with Gasteiger partial charge in [-0.05, 0) is 30.7 Å². The second-order valence-electron chi connectivity index (χ2n) is 5.67. The van der Waals surface area contributed by atoms with Crippen LogP contribution in [0.25, 0.3) is 10.9 Å². The average molecular weight is 371 g/mol. The van der Waals surface area contributed by atoms with Crippen LogP contribution < -0.4 is 5.32 Å². The number of ether oxygens (including phenoxy) is 1. The van der Waals surface area contributed by atoms with Crippen LogP contribution in [0.1, 0.15) is 31.8 Å². The molecule has 2 aromatic heterocycles. The summed E-state index contributed by atoms with van der Waals surface area (Å²) in [6.07, 6.45) is 2.32. The lowest BCUT2D eigenvalue weighted by molar-refractivity contribution is -0.118. The molecule has 26 heavy (non-hydrogen) atoms. The van der Waals surface area contributed by atoms with Gasteiger partial charge in [0.2, 0.25) is 11.7 Å². The van der Waals surface area contributed by atoms with E-state index in [4.69, 9.17) is 4.74 Å². The number of nitrogens with one attached hydrogen (secondary N) is 2. The first-order valence-corrected chi connectivity index (χ1v) is 8.81. The Kier molecular flexibility index (Phi) is 5.43. The number of benzene rings is 1. The molecule has 8 heteroatoms. The Labute approximate surface area is 153 Å². The molecule has 0 aliphatic heterocycles. The van der Waals surface area contributed by atoms with E-state index >= 15 is 0 Å². The van der Waals surface area contributed by atoms with Crippen LogP contribution in [0.5, 0.6) is 0 Å². The van der Waals surface area contributed by atoms with Crippen molar-refractivity contribution in [3.63, 3.8) is 0 Å². The van der Waals surface area contributed by atoms with Crippen molar-refractivity contribution in [2.75, 3.05) is 13.2 Å². The van der Waals surface area contributed by atoms with E-state index in [1.54, 1.807) is 30.5 Å². The third-order valence-electron chi connectivity index (χ3n) is 3.69. The molecule has 2 N–H and O–H groups in total. The highest BCUT2D eigenvalue weighted by Crippen LogP contribution is 2.18. The Morgan fingerprint density at radius 2 is 2.08 bits per heavy atom. The quantitative estimate of drug-likeness (QED) is 0.490. The number of amides is 1. The molecule has 0 fully saturated rings. The van der Waals surface area contributed by atoms with E-state index < -0.39 is 5.97 Å². The number of rotatable bonds is 7. The van der Waals surface area contributed by atoms with Crippen LogP contribution in [0.2, 0.25) is 0 Å². The van der Waals surface area contributed by atoms with E-state index in [0.717, 1.165) is 15.8 Å². The number of aromatic nitrogens is 2. The maximum Gasteiger partial charge on any atom is 0.338 e. The van der Waals surface area contributed by atoms with Crippen molar-refractivity contribution in [2.24, 2.45) is 0 Å². The van der Waals surface area contributed by atoms with Gasteiger partial charge in [0.1, 0.15) is 0 Å². The molecule has 0 aliphatic rings. The Balaban J connectivity index is 1.54. The first-order valence-electron chi connectivity index (χ1n) is 7.99. The van der Waals surface area contributed by atoms with Gasteiger partial charge in [0, 0.05) is 23.7 Å². The van der Waals surface area contributed by atoms with Crippen molar-refractivity contribution in [2.45, 2.75) is 13.3 Å². The number of nitrogens with zero attached hydrogens (tertiary/aromatic N) is 1. The van der Waals surface area contributed by atoms with Gasteiger partial charge in [-0.15, -0.1) is 11.3 Å². The Morgan fingerprint density at radius 3 is 2.88 bits per heavy atom. The summed E-state index contributed by atoms with van der Waals surface area (Å²) in [6, 6.07) is 8.59. The third kappa shape index (κ3) is 4.34. The van der Waals surface area contributed by atoms with Gasteiger partial charge in [0.05, 0.1) is 22.2 Å². The van der Waals surface area contributed by atoms with Gasteiger partial charge in [0.15, 0.2) is 6.61 Å². The monoisotopic (exact) mass is 371 g/mol. The van der Waals surface area contributed by atoms with E-state index in [1.807, 2.05) is 6.07 Å². The zero-order chi connectivity index (χ0) is 18.5. The molecule has 2 heterocycles. The standard InChI is InChI=1S/C18H17N3O4S/c1-11(22)19-7-6-14-4-5-17(26-14)16(23)10-25-18(24)12-2-3-13-9-20-21-15(13)8-12/h2-5,8-9H,6-7,10H2,1H3,(H,19,22)(H,20,21). The minimum Gasteiger partial charge on any atom is -0.454 e. The summed E-state index contributed by atoms with van der Waals surface area (Å²) in [4.78, 5) is 36.7. The van der Waals surface area contributed by atoms with Crippen molar-refractivity contribution in [3.05, 3.63) is 51.8 Å². The fourth-order valence-electron chi connectivity index (χ4n) is 2.37. The van der Waals surface area contributed by atoms with E-state index in [-0.39, 0.29) is 18.3 Å². The first kappa shape index (κ1) is 17.8. The van der Waals surface area contributed by atoms with Crippen molar-refractivity contribution in [1.82, 2.24) is 15.5 Å². The zero-order valence-corrected chi connectivity index (χ0v) is 14.9. The summed E-state index contributed by atoms with van der Waals surface area (Å²) in [5, 5.41) is 10.3. The molecule has 7 nitrogen and oxygen atoms in total. The highest BCUT2D eigenvalue weighted by molar-refractivity contribution is 7.14. The number of fused-ring (bicyclic) bond motifs is 1. The van der Waals surface area contributed by atoms with E-state index in [2.05, 4.69) is 15.5 Å². The minimum atomic E-state index is -0.558. The van der Waals surface area contributed by atoms with Crippen molar-refractivity contribution in [1.29, 1.82) is 0 Å². The van der Waals surface area contributed by atoms with Gasteiger partial charge < -0.3 is 10.1 Å². The van der Waals surface area contributed by atoms with E-state index in [1.165, 1.54) is 18.3 Å². The maximum absolute atomic E-state index is 12.2. The number of ketones is 1. The zero-order valence-electron chi connectivity index (χ0n) is 14.1. The molecule has 1 amide bonds. The smallest absolute Gasteiger partial charge is 0.338 e. The summed E-state index contributed by atoms with van der Waals surface area (Å²) in [6.45, 7) is 1.67. The number of hydrogen-bond acceptors (Lipinski definition) is 6. The molecule has 0 unspecified atom stereocenters. The van der Waals surface area contributed by atoms with E-state index in [0.29, 0.717) is 23.4 Å². The number of carbonyl (C=O) groups is 3. The minimum absolute atomic E-state index is 0.0851. The summed E-state index contributed by atoms with van der Waals surface area (Å²) >= 11 is 1.34. The molecule has 0 aliphatic carbocycles. The molecule has 0 saturated heterocycles. The van der Waals surface area contributed by atoms with Gasteiger partial charge >= 0.3 is 5.97 Å². The second kappa shape index (κ2) is 7.92. The lowest BCUT2D eigenvalue weighted by atomic mass is 10.2. The predicted molar refractivity (Wildman–Crippen MR) is 97.4 cm³/mol. The number of H-pyrrole nitrogens is 1. The first-order chi connectivity index (χ1) is 12.5. The van der Waals surface area contributed by atoms with Crippen LogP contribution in [0.15, 0.2) is 36.5 Å². The van der Waals surface area contributed by atoms with Crippen LogP contribution in [-0.2, 0) is 16.0 Å². The van der Waals surface area contributed by atoms with E-state index in [9.17, 15) is 14.4 Å². The summed E-state index contributed by atoms with van der Waals surface area (Å²) in [5.41, 5.74) is 1.09. The molecule has 0 spiro atoms. The molecule has 0 atom stereocenters. The third-order valence-corrected chi connectivity index (χ3v) is 4.88. The van der Waals surface area contributed by atoms with Crippen LogP contribution in [0.3, 0.4) is 0 Å². The number of carbonyl (C=O) groups excluding carboxylic acids is 3. The normalized spacial score (nSPS) is 10.7. The summed E-state index contributed by atoms with van der Waals surface area (Å²) in [7, 11) is 0. The number of hydrogen-bond donors (Lipinski definition) is 2. The molecular weight excluding hydrogens is 354 g/mol. The molecule has 0 saturated carbocycles. The maximum atomic E-state index is 12.2.